The van der Waals surface area contributed by atoms with Crippen molar-refractivity contribution in [3.8, 4) is 39.6 Å². The number of benzene rings is 3. The van der Waals surface area contributed by atoms with Gasteiger partial charge in [-0.15, -0.1) is 0 Å². The summed E-state index contributed by atoms with van der Waals surface area (Å²) in [6.07, 6.45) is 2.76. The first kappa shape index (κ1) is 19.4. The lowest BCUT2D eigenvalue weighted by molar-refractivity contribution is 0.138. The summed E-state index contributed by atoms with van der Waals surface area (Å²) in [5, 5.41) is 4.57. The smallest absolute Gasteiger partial charge is 0.162 e. The zero-order chi connectivity index (χ0) is 21.0. The SMILES string of the molecule is COc1ccc(-c2ccnn2-c2ccc(-c3ccccc3)cc2)cc1O[C@@H]1CCOC1. The number of hydrogen-bond acceptors (Lipinski definition) is 4. The van der Waals surface area contributed by atoms with Crippen molar-refractivity contribution in [1.82, 2.24) is 9.78 Å². The van der Waals surface area contributed by atoms with Crippen LogP contribution in [0.15, 0.2) is 85.1 Å². The number of nitrogens with zero attached hydrogens (tertiary/aromatic N) is 2. The molecule has 0 saturated carbocycles. The molecule has 2 heterocycles. The van der Waals surface area contributed by atoms with Gasteiger partial charge in [0.2, 0.25) is 0 Å². The summed E-state index contributed by atoms with van der Waals surface area (Å²) in [6.45, 7) is 1.34. The molecule has 31 heavy (non-hydrogen) atoms. The van der Waals surface area contributed by atoms with Crippen molar-refractivity contribution in [1.29, 1.82) is 0 Å². The minimum absolute atomic E-state index is 0.0552. The van der Waals surface area contributed by atoms with Gasteiger partial charge in [0.05, 0.1) is 37.9 Å². The first-order valence-corrected chi connectivity index (χ1v) is 10.4. The maximum Gasteiger partial charge on any atom is 0.162 e. The van der Waals surface area contributed by atoms with E-state index < -0.39 is 0 Å². The summed E-state index contributed by atoms with van der Waals surface area (Å²) in [7, 11) is 1.66. The quantitative estimate of drug-likeness (QED) is 0.426. The Morgan fingerprint density at radius 2 is 1.65 bits per heavy atom. The molecular formula is C26H24N2O3. The highest BCUT2D eigenvalue weighted by Crippen LogP contribution is 2.35. The minimum Gasteiger partial charge on any atom is -0.493 e. The highest BCUT2D eigenvalue weighted by atomic mass is 16.6. The van der Waals surface area contributed by atoms with Crippen molar-refractivity contribution in [2.45, 2.75) is 12.5 Å². The topological polar surface area (TPSA) is 45.5 Å². The number of rotatable bonds is 6. The van der Waals surface area contributed by atoms with Crippen LogP contribution >= 0.6 is 0 Å². The lowest BCUT2D eigenvalue weighted by Gasteiger charge is -2.16. The van der Waals surface area contributed by atoms with Crippen molar-refractivity contribution in [3.63, 3.8) is 0 Å². The average molecular weight is 412 g/mol. The molecule has 0 amide bonds. The van der Waals surface area contributed by atoms with Gasteiger partial charge in [-0.1, -0.05) is 42.5 Å². The third-order valence-electron chi connectivity index (χ3n) is 5.50. The first-order valence-electron chi connectivity index (χ1n) is 10.4. The molecule has 156 valence electrons. The Bertz CT molecular complexity index is 1150. The fourth-order valence-electron chi connectivity index (χ4n) is 3.87. The van der Waals surface area contributed by atoms with E-state index in [-0.39, 0.29) is 6.10 Å². The van der Waals surface area contributed by atoms with Crippen LogP contribution in [0, 0.1) is 0 Å². The van der Waals surface area contributed by atoms with E-state index in [1.165, 1.54) is 11.1 Å². The van der Waals surface area contributed by atoms with Crippen LogP contribution in [-0.4, -0.2) is 36.2 Å². The van der Waals surface area contributed by atoms with Gasteiger partial charge in [0.1, 0.15) is 6.10 Å². The second kappa shape index (κ2) is 8.66. The van der Waals surface area contributed by atoms with Crippen molar-refractivity contribution in [2.75, 3.05) is 20.3 Å². The average Bonchev–Trinajstić information content (AvgIpc) is 3.52. The Labute approximate surface area is 181 Å². The van der Waals surface area contributed by atoms with Crippen LogP contribution in [0.25, 0.3) is 28.1 Å². The van der Waals surface area contributed by atoms with Gasteiger partial charge in [-0.2, -0.15) is 5.10 Å². The zero-order valence-electron chi connectivity index (χ0n) is 17.4. The Balaban J connectivity index is 1.46. The maximum absolute atomic E-state index is 6.17. The standard InChI is InChI=1S/C26H24N2O3/c1-29-25-12-9-21(17-26(25)31-23-14-16-30-18-23)24-13-15-27-28(24)22-10-7-20(8-11-22)19-5-3-2-4-6-19/h2-13,15,17,23H,14,16,18H2,1H3/t23-/m1/s1. The van der Waals surface area contributed by atoms with E-state index in [0.29, 0.717) is 12.4 Å². The molecule has 1 fully saturated rings. The van der Waals surface area contributed by atoms with Crippen LogP contribution in [0.2, 0.25) is 0 Å². The molecule has 1 aliphatic heterocycles. The Morgan fingerprint density at radius 1 is 0.871 bits per heavy atom. The molecule has 0 unspecified atom stereocenters. The van der Waals surface area contributed by atoms with Gasteiger partial charge in [0, 0.05) is 12.0 Å². The van der Waals surface area contributed by atoms with Crippen LogP contribution < -0.4 is 9.47 Å². The molecule has 1 saturated heterocycles. The second-order valence-electron chi connectivity index (χ2n) is 7.51. The van der Waals surface area contributed by atoms with E-state index in [2.05, 4.69) is 53.6 Å². The Kier molecular flexibility index (Phi) is 5.42. The van der Waals surface area contributed by atoms with Gasteiger partial charge in [0.25, 0.3) is 0 Å². The number of hydrogen-bond donors (Lipinski definition) is 0. The van der Waals surface area contributed by atoms with Gasteiger partial charge in [-0.3, -0.25) is 0 Å². The van der Waals surface area contributed by atoms with Gasteiger partial charge in [-0.25, -0.2) is 4.68 Å². The molecule has 1 aromatic heterocycles. The molecule has 1 aliphatic rings. The third kappa shape index (κ3) is 4.05. The van der Waals surface area contributed by atoms with Crippen molar-refractivity contribution < 1.29 is 14.2 Å². The molecule has 0 bridgehead atoms. The molecule has 0 spiro atoms. The van der Waals surface area contributed by atoms with Crippen LogP contribution in [0.3, 0.4) is 0 Å². The van der Waals surface area contributed by atoms with Crippen molar-refractivity contribution in [3.05, 3.63) is 85.1 Å². The molecule has 3 aromatic carbocycles. The summed E-state index contributed by atoms with van der Waals surface area (Å²) < 4.78 is 19.1. The van der Waals surface area contributed by atoms with Gasteiger partial charge >= 0.3 is 0 Å². The normalized spacial score (nSPS) is 15.7. The van der Waals surface area contributed by atoms with E-state index in [1.54, 1.807) is 7.11 Å². The molecule has 0 aliphatic carbocycles. The van der Waals surface area contributed by atoms with Crippen LogP contribution in [0.4, 0.5) is 0 Å². The summed E-state index contributed by atoms with van der Waals surface area (Å²) in [5.41, 5.74) is 5.38. The molecule has 5 nitrogen and oxygen atoms in total. The van der Waals surface area contributed by atoms with E-state index in [9.17, 15) is 0 Å². The number of ether oxygens (including phenoxy) is 3. The van der Waals surface area contributed by atoms with E-state index in [4.69, 9.17) is 14.2 Å². The minimum atomic E-state index is 0.0552. The number of methoxy groups -OCH3 is 1. The molecule has 1 atom stereocenters. The lowest BCUT2D eigenvalue weighted by Crippen LogP contribution is -2.16. The molecule has 5 heteroatoms. The Hall–Kier alpha value is -3.57. The van der Waals surface area contributed by atoms with Gasteiger partial charge in [-0.05, 0) is 47.5 Å². The van der Waals surface area contributed by atoms with Crippen molar-refractivity contribution in [2.24, 2.45) is 0 Å². The van der Waals surface area contributed by atoms with Gasteiger partial charge < -0.3 is 14.2 Å². The lowest BCUT2D eigenvalue weighted by atomic mass is 10.1. The summed E-state index contributed by atoms with van der Waals surface area (Å²) >= 11 is 0. The van der Waals surface area contributed by atoms with Crippen LogP contribution in [-0.2, 0) is 4.74 Å². The van der Waals surface area contributed by atoms with Crippen LogP contribution in [0.1, 0.15) is 6.42 Å². The highest BCUT2D eigenvalue weighted by Gasteiger charge is 2.20. The van der Waals surface area contributed by atoms with E-state index in [0.717, 1.165) is 35.7 Å². The first-order chi connectivity index (χ1) is 15.3. The summed E-state index contributed by atoms with van der Waals surface area (Å²) in [5.74, 6) is 1.44. The molecule has 4 aromatic rings. The maximum atomic E-state index is 6.17. The van der Waals surface area contributed by atoms with Gasteiger partial charge in [0.15, 0.2) is 11.5 Å². The molecule has 0 radical (unpaired) electrons. The van der Waals surface area contributed by atoms with Crippen molar-refractivity contribution >= 4 is 0 Å². The third-order valence-corrected chi connectivity index (χ3v) is 5.50. The summed E-state index contributed by atoms with van der Waals surface area (Å²) in [4.78, 5) is 0. The largest absolute Gasteiger partial charge is 0.493 e. The predicted octanol–water partition coefficient (Wildman–Crippen LogP) is 5.38. The highest BCUT2D eigenvalue weighted by molar-refractivity contribution is 5.68. The fraction of sp³-hybridized carbons (Fsp3) is 0.192. The predicted molar refractivity (Wildman–Crippen MR) is 121 cm³/mol. The van der Waals surface area contributed by atoms with E-state index in [1.807, 2.05) is 41.2 Å². The number of aromatic nitrogens is 2. The molecular weight excluding hydrogens is 388 g/mol. The molecule has 5 rings (SSSR count). The Morgan fingerprint density at radius 3 is 2.39 bits per heavy atom. The molecule has 0 N–H and O–H groups in total. The van der Waals surface area contributed by atoms with Crippen LogP contribution in [0.5, 0.6) is 11.5 Å². The summed E-state index contributed by atoms with van der Waals surface area (Å²) in [6, 6.07) is 26.8. The zero-order valence-corrected chi connectivity index (χ0v) is 17.4. The monoisotopic (exact) mass is 412 g/mol. The second-order valence-corrected chi connectivity index (χ2v) is 7.51. The fourth-order valence-corrected chi connectivity index (χ4v) is 3.87. The van der Waals surface area contributed by atoms with E-state index >= 15 is 0 Å².